The van der Waals surface area contributed by atoms with E-state index in [1.54, 1.807) is 0 Å². The Kier molecular flexibility index (Phi) is 2.49. The van der Waals surface area contributed by atoms with E-state index in [0.29, 0.717) is 0 Å². The average molecular weight is 258 g/mol. The summed E-state index contributed by atoms with van der Waals surface area (Å²) in [5, 5.41) is 0.730. The molecule has 0 aliphatic rings. The van der Waals surface area contributed by atoms with Crippen molar-refractivity contribution in [3.8, 4) is 11.4 Å². The molecule has 1 heterocycles. The maximum Gasteiger partial charge on any atom is 0.138 e. The number of benzene rings is 2. The van der Waals surface area contributed by atoms with Gasteiger partial charge in [0.2, 0.25) is 0 Å². The number of nitrogens with zero attached hydrogens (tertiary/aromatic N) is 1. The molecule has 18 heavy (non-hydrogen) atoms. The third-order valence-corrected chi connectivity index (χ3v) is 3.33. The molecule has 3 rings (SSSR count). The van der Waals surface area contributed by atoms with E-state index >= 15 is 0 Å². The van der Waals surface area contributed by atoms with Gasteiger partial charge in [-0.3, -0.25) is 0 Å². The number of aryl methyl sites for hydroxylation is 1. The molecule has 3 nitrogen and oxygen atoms in total. The van der Waals surface area contributed by atoms with Crippen molar-refractivity contribution in [3.05, 3.63) is 47.0 Å². The van der Waals surface area contributed by atoms with Crippen LogP contribution in [0.1, 0.15) is 5.56 Å². The van der Waals surface area contributed by atoms with Gasteiger partial charge in [0, 0.05) is 16.3 Å². The second kappa shape index (κ2) is 4.03. The van der Waals surface area contributed by atoms with Crippen LogP contribution in [0.3, 0.4) is 0 Å². The Labute approximate surface area is 110 Å². The largest absolute Gasteiger partial charge is 0.399 e. The van der Waals surface area contributed by atoms with Crippen molar-refractivity contribution in [1.29, 1.82) is 0 Å². The highest BCUT2D eigenvalue weighted by Gasteiger charge is 2.07. The molecular formula is C14H12ClN3. The molecule has 0 saturated heterocycles. The lowest BCUT2D eigenvalue weighted by Crippen LogP contribution is -1.86. The number of fused-ring (bicyclic) bond motifs is 1. The molecule has 0 saturated carbocycles. The lowest BCUT2D eigenvalue weighted by Gasteiger charge is -1.97. The van der Waals surface area contributed by atoms with E-state index in [0.717, 1.165) is 38.7 Å². The van der Waals surface area contributed by atoms with Crippen LogP contribution < -0.4 is 5.73 Å². The summed E-state index contributed by atoms with van der Waals surface area (Å²) in [7, 11) is 0. The molecule has 2 aromatic carbocycles. The maximum atomic E-state index is 6.09. The highest BCUT2D eigenvalue weighted by molar-refractivity contribution is 6.32. The van der Waals surface area contributed by atoms with Gasteiger partial charge in [-0.1, -0.05) is 23.7 Å². The van der Waals surface area contributed by atoms with Gasteiger partial charge < -0.3 is 10.7 Å². The third kappa shape index (κ3) is 1.83. The van der Waals surface area contributed by atoms with Crippen molar-refractivity contribution in [2.45, 2.75) is 6.92 Å². The van der Waals surface area contributed by atoms with Gasteiger partial charge in [-0.25, -0.2) is 4.98 Å². The smallest absolute Gasteiger partial charge is 0.138 e. The van der Waals surface area contributed by atoms with Crippen LogP contribution in [0.4, 0.5) is 5.69 Å². The molecular weight excluding hydrogens is 246 g/mol. The number of imidazole rings is 1. The van der Waals surface area contributed by atoms with Gasteiger partial charge in [0.25, 0.3) is 0 Å². The average Bonchev–Trinajstić information content (AvgIpc) is 2.73. The molecule has 90 valence electrons. The number of hydrogen-bond donors (Lipinski definition) is 2. The van der Waals surface area contributed by atoms with Crippen molar-refractivity contribution in [2.75, 3.05) is 5.73 Å². The van der Waals surface area contributed by atoms with Crippen LogP contribution in [0.15, 0.2) is 36.4 Å². The predicted octanol–water partition coefficient (Wildman–Crippen LogP) is 3.77. The number of rotatable bonds is 1. The van der Waals surface area contributed by atoms with Crippen molar-refractivity contribution < 1.29 is 0 Å². The summed E-state index contributed by atoms with van der Waals surface area (Å²) in [4.78, 5) is 7.81. The molecule has 0 aliphatic heterocycles. The highest BCUT2D eigenvalue weighted by atomic mass is 35.5. The minimum absolute atomic E-state index is 0.724. The summed E-state index contributed by atoms with van der Waals surface area (Å²) in [6, 6.07) is 11.5. The SMILES string of the molecule is Cc1cc2[nH]c(-c3cccc(N)c3)nc2cc1Cl. The minimum atomic E-state index is 0.724. The first-order chi connectivity index (χ1) is 8.63. The van der Waals surface area contributed by atoms with Crippen LogP contribution >= 0.6 is 11.6 Å². The number of H-pyrrole nitrogens is 1. The lowest BCUT2D eigenvalue weighted by atomic mass is 10.2. The molecule has 3 aromatic rings. The third-order valence-electron chi connectivity index (χ3n) is 2.92. The molecule has 0 spiro atoms. The first-order valence-electron chi connectivity index (χ1n) is 5.65. The minimum Gasteiger partial charge on any atom is -0.399 e. The topological polar surface area (TPSA) is 54.7 Å². The van der Waals surface area contributed by atoms with Crippen molar-refractivity contribution >= 4 is 28.3 Å². The van der Waals surface area contributed by atoms with Gasteiger partial charge in [0.1, 0.15) is 5.82 Å². The van der Waals surface area contributed by atoms with Crippen LogP contribution in [-0.4, -0.2) is 9.97 Å². The van der Waals surface area contributed by atoms with Gasteiger partial charge in [-0.2, -0.15) is 0 Å². The van der Waals surface area contributed by atoms with Gasteiger partial charge >= 0.3 is 0 Å². The van der Waals surface area contributed by atoms with Crippen LogP contribution in [-0.2, 0) is 0 Å². The molecule has 0 amide bonds. The zero-order valence-corrected chi connectivity index (χ0v) is 10.6. The molecule has 0 aliphatic carbocycles. The normalized spacial score (nSPS) is 11.0. The molecule has 0 atom stereocenters. The standard InChI is InChI=1S/C14H12ClN3/c1-8-5-12-13(7-11(8)15)18-14(17-12)9-3-2-4-10(16)6-9/h2-7H,16H2,1H3,(H,17,18). The molecule has 0 radical (unpaired) electrons. The fourth-order valence-corrected chi connectivity index (χ4v) is 2.12. The Hall–Kier alpha value is -2.00. The number of aromatic amines is 1. The van der Waals surface area contributed by atoms with E-state index in [1.807, 2.05) is 43.3 Å². The quantitative estimate of drug-likeness (QED) is 0.652. The number of nitrogen functional groups attached to an aromatic ring is 1. The highest BCUT2D eigenvalue weighted by Crippen LogP contribution is 2.26. The molecule has 4 heteroatoms. The fraction of sp³-hybridized carbons (Fsp3) is 0.0714. The second-order valence-electron chi connectivity index (χ2n) is 4.33. The van der Waals surface area contributed by atoms with E-state index in [1.165, 1.54) is 0 Å². The van der Waals surface area contributed by atoms with E-state index in [2.05, 4.69) is 9.97 Å². The van der Waals surface area contributed by atoms with E-state index in [4.69, 9.17) is 17.3 Å². The Morgan fingerprint density at radius 2 is 2.06 bits per heavy atom. The number of nitrogens with one attached hydrogen (secondary N) is 1. The predicted molar refractivity (Wildman–Crippen MR) is 75.7 cm³/mol. The molecule has 0 bridgehead atoms. The zero-order valence-electron chi connectivity index (χ0n) is 9.87. The Morgan fingerprint density at radius 1 is 1.22 bits per heavy atom. The molecule has 0 unspecified atom stereocenters. The van der Waals surface area contributed by atoms with E-state index in [9.17, 15) is 0 Å². The van der Waals surface area contributed by atoms with Gasteiger partial charge in [0.05, 0.1) is 11.0 Å². The van der Waals surface area contributed by atoms with Crippen molar-refractivity contribution in [2.24, 2.45) is 0 Å². The summed E-state index contributed by atoms with van der Waals surface area (Å²) in [5.41, 5.74) is 10.4. The number of nitrogens with two attached hydrogens (primary N) is 1. The fourth-order valence-electron chi connectivity index (χ4n) is 1.96. The number of anilines is 1. The monoisotopic (exact) mass is 257 g/mol. The molecule has 0 fully saturated rings. The second-order valence-corrected chi connectivity index (χ2v) is 4.74. The van der Waals surface area contributed by atoms with Gasteiger partial charge in [-0.15, -0.1) is 0 Å². The molecule has 1 aromatic heterocycles. The summed E-state index contributed by atoms with van der Waals surface area (Å²) in [5.74, 6) is 0.805. The molecule has 3 N–H and O–H groups in total. The summed E-state index contributed by atoms with van der Waals surface area (Å²) in [6.45, 7) is 1.97. The van der Waals surface area contributed by atoms with Crippen LogP contribution in [0.25, 0.3) is 22.4 Å². The number of halogens is 1. The Morgan fingerprint density at radius 3 is 2.83 bits per heavy atom. The number of aromatic nitrogens is 2. The summed E-state index contributed by atoms with van der Waals surface area (Å²) in [6.07, 6.45) is 0. The van der Waals surface area contributed by atoms with Crippen molar-refractivity contribution in [3.63, 3.8) is 0 Å². The first-order valence-corrected chi connectivity index (χ1v) is 6.03. The van der Waals surface area contributed by atoms with E-state index in [-0.39, 0.29) is 0 Å². The van der Waals surface area contributed by atoms with Crippen LogP contribution in [0, 0.1) is 6.92 Å². The first kappa shape index (κ1) is 11.1. The van der Waals surface area contributed by atoms with Gasteiger partial charge in [-0.05, 0) is 36.8 Å². The van der Waals surface area contributed by atoms with Gasteiger partial charge in [0.15, 0.2) is 0 Å². The lowest BCUT2D eigenvalue weighted by molar-refractivity contribution is 1.34. The van der Waals surface area contributed by atoms with E-state index < -0.39 is 0 Å². The summed E-state index contributed by atoms with van der Waals surface area (Å²) >= 11 is 6.09. The maximum absolute atomic E-state index is 6.09. The van der Waals surface area contributed by atoms with Crippen molar-refractivity contribution in [1.82, 2.24) is 9.97 Å². The van der Waals surface area contributed by atoms with Crippen LogP contribution in [0.2, 0.25) is 5.02 Å². The van der Waals surface area contributed by atoms with Crippen LogP contribution in [0.5, 0.6) is 0 Å². The number of hydrogen-bond acceptors (Lipinski definition) is 2. The zero-order chi connectivity index (χ0) is 12.7. The summed E-state index contributed by atoms with van der Waals surface area (Å²) < 4.78 is 0. The Bertz CT molecular complexity index is 692. The Balaban J connectivity index is 2.19.